The van der Waals surface area contributed by atoms with Gasteiger partial charge in [0.25, 0.3) is 0 Å². The minimum atomic E-state index is -0.546. The highest BCUT2D eigenvalue weighted by molar-refractivity contribution is 5.74. The molecule has 3 atom stereocenters. The minimum Gasteiger partial charge on any atom is -0.466 e. The van der Waals surface area contributed by atoms with Gasteiger partial charge in [-0.1, -0.05) is 30.3 Å². The highest BCUT2D eigenvalue weighted by Crippen LogP contribution is 2.24. The summed E-state index contributed by atoms with van der Waals surface area (Å²) in [6.07, 6.45) is 0.209. The summed E-state index contributed by atoms with van der Waals surface area (Å²) >= 11 is 0. The molecule has 0 radical (unpaired) electrons. The van der Waals surface area contributed by atoms with Crippen molar-refractivity contribution in [1.82, 2.24) is 10.2 Å². The van der Waals surface area contributed by atoms with Crippen molar-refractivity contribution in [2.75, 3.05) is 19.7 Å². The van der Waals surface area contributed by atoms with E-state index in [4.69, 9.17) is 9.47 Å². The number of hydrogen-bond acceptors (Lipinski definition) is 5. The summed E-state index contributed by atoms with van der Waals surface area (Å²) in [5.41, 5.74) is 0.587. The van der Waals surface area contributed by atoms with Crippen LogP contribution in [0.2, 0.25) is 0 Å². The molecule has 1 aromatic rings. The molecule has 0 bridgehead atoms. The lowest BCUT2D eigenvalue weighted by atomic mass is 9.90. The van der Waals surface area contributed by atoms with Gasteiger partial charge in [-0.3, -0.25) is 4.79 Å². The molecule has 1 N–H and O–H groups in total. The van der Waals surface area contributed by atoms with Gasteiger partial charge in [0.15, 0.2) is 0 Å². The van der Waals surface area contributed by atoms with Gasteiger partial charge < -0.3 is 19.7 Å². The third-order valence-corrected chi connectivity index (χ3v) is 4.62. The van der Waals surface area contributed by atoms with Gasteiger partial charge in [-0.25, -0.2) is 4.79 Å². The molecule has 27 heavy (non-hydrogen) atoms. The van der Waals surface area contributed by atoms with Crippen molar-refractivity contribution < 1.29 is 19.1 Å². The number of hydrogen-bond donors (Lipinski definition) is 1. The van der Waals surface area contributed by atoms with E-state index in [1.165, 1.54) is 0 Å². The molecule has 150 valence electrons. The van der Waals surface area contributed by atoms with Crippen LogP contribution in [-0.2, 0) is 14.3 Å². The summed E-state index contributed by atoms with van der Waals surface area (Å²) in [6, 6.07) is 9.90. The number of benzene rings is 1. The second-order valence-electron chi connectivity index (χ2n) is 7.98. The van der Waals surface area contributed by atoms with Gasteiger partial charge in [0.2, 0.25) is 0 Å². The number of nitrogens with zero attached hydrogens (tertiary/aromatic N) is 1. The van der Waals surface area contributed by atoms with Crippen molar-refractivity contribution in [3.05, 3.63) is 35.9 Å². The third-order valence-electron chi connectivity index (χ3n) is 4.62. The standard InChI is InChI=1S/C21H32N2O4/c1-6-26-19(24)17-12-13-23(20(25)27-21(3,4)5)14-18(17)22-15(2)16-10-8-7-9-11-16/h7-11,15,17-18,22H,6,12-14H2,1-5H3/t15-,17?,18-/m0/s1. The van der Waals surface area contributed by atoms with Crippen LogP contribution in [0.25, 0.3) is 0 Å². The van der Waals surface area contributed by atoms with Crippen molar-refractivity contribution in [1.29, 1.82) is 0 Å². The van der Waals surface area contributed by atoms with Gasteiger partial charge in [0.1, 0.15) is 5.60 Å². The van der Waals surface area contributed by atoms with E-state index in [9.17, 15) is 9.59 Å². The number of carbonyl (C=O) groups excluding carboxylic acids is 2. The van der Waals surface area contributed by atoms with E-state index in [1.54, 1.807) is 4.90 Å². The van der Waals surface area contributed by atoms with Gasteiger partial charge in [-0.05, 0) is 46.6 Å². The summed E-state index contributed by atoms with van der Waals surface area (Å²) < 4.78 is 10.8. The van der Waals surface area contributed by atoms with Gasteiger partial charge in [-0.2, -0.15) is 0 Å². The molecule has 6 nitrogen and oxygen atoms in total. The highest BCUT2D eigenvalue weighted by atomic mass is 16.6. The van der Waals surface area contributed by atoms with E-state index in [0.717, 1.165) is 5.56 Å². The average Bonchev–Trinajstić information content (AvgIpc) is 2.61. The Bertz CT molecular complexity index is 627. The fraction of sp³-hybridized carbons (Fsp3) is 0.619. The summed E-state index contributed by atoms with van der Waals surface area (Å²) in [5, 5.41) is 3.52. The fourth-order valence-electron chi connectivity index (χ4n) is 3.30. The van der Waals surface area contributed by atoms with Crippen LogP contribution >= 0.6 is 0 Å². The number of amides is 1. The Kier molecular flexibility index (Phi) is 7.25. The maximum atomic E-state index is 12.5. The zero-order valence-corrected chi connectivity index (χ0v) is 17.0. The molecule has 1 aliphatic rings. The van der Waals surface area contributed by atoms with E-state index >= 15 is 0 Å². The number of ether oxygens (including phenoxy) is 2. The molecule has 1 unspecified atom stereocenters. The lowest BCUT2D eigenvalue weighted by Gasteiger charge is -2.39. The minimum absolute atomic E-state index is 0.0479. The SMILES string of the molecule is CCOC(=O)C1CCN(C(=O)OC(C)(C)C)C[C@@H]1N[C@@H](C)c1ccccc1. The predicted molar refractivity (Wildman–Crippen MR) is 104 cm³/mol. The third kappa shape index (κ3) is 6.24. The molecule has 0 aromatic heterocycles. The molecule has 2 rings (SSSR count). The molecule has 0 saturated carbocycles. The molecular weight excluding hydrogens is 344 g/mol. The van der Waals surface area contributed by atoms with E-state index in [0.29, 0.717) is 26.1 Å². The molecule has 0 spiro atoms. The smallest absolute Gasteiger partial charge is 0.410 e. The van der Waals surface area contributed by atoms with Crippen molar-refractivity contribution in [2.45, 2.75) is 58.7 Å². The molecule has 1 aliphatic heterocycles. The Morgan fingerprint density at radius 3 is 2.52 bits per heavy atom. The number of carbonyl (C=O) groups is 2. The molecule has 1 heterocycles. The lowest BCUT2D eigenvalue weighted by Crippen LogP contribution is -2.56. The first-order valence-electron chi connectivity index (χ1n) is 9.67. The molecule has 1 aromatic carbocycles. The summed E-state index contributed by atoms with van der Waals surface area (Å²) in [5.74, 6) is -0.492. The van der Waals surface area contributed by atoms with Gasteiger partial charge in [-0.15, -0.1) is 0 Å². The first kappa shape index (κ1) is 21.2. The molecule has 1 amide bonds. The number of likely N-dealkylation sites (tertiary alicyclic amines) is 1. The van der Waals surface area contributed by atoms with Crippen molar-refractivity contribution in [3.63, 3.8) is 0 Å². The van der Waals surface area contributed by atoms with Crippen LogP contribution in [0, 0.1) is 5.92 Å². The number of rotatable bonds is 5. The van der Waals surface area contributed by atoms with E-state index in [1.807, 2.05) is 58.0 Å². The number of piperidine rings is 1. The second-order valence-corrected chi connectivity index (χ2v) is 7.98. The van der Waals surface area contributed by atoms with Crippen molar-refractivity contribution >= 4 is 12.1 Å². The van der Waals surface area contributed by atoms with Crippen LogP contribution in [0.4, 0.5) is 4.79 Å². The maximum absolute atomic E-state index is 12.5. The van der Waals surface area contributed by atoms with Gasteiger partial charge in [0, 0.05) is 25.2 Å². The number of nitrogens with one attached hydrogen (secondary N) is 1. The monoisotopic (exact) mass is 376 g/mol. The van der Waals surface area contributed by atoms with Crippen molar-refractivity contribution in [3.8, 4) is 0 Å². The Morgan fingerprint density at radius 1 is 1.26 bits per heavy atom. The Hall–Kier alpha value is -2.08. The van der Waals surface area contributed by atoms with Crippen LogP contribution in [-0.4, -0.2) is 48.3 Å². The van der Waals surface area contributed by atoms with Crippen LogP contribution in [0.15, 0.2) is 30.3 Å². The van der Waals surface area contributed by atoms with E-state index in [-0.39, 0.29) is 30.1 Å². The average molecular weight is 376 g/mol. The first-order valence-corrected chi connectivity index (χ1v) is 9.67. The number of esters is 1. The lowest BCUT2D eigenvalue weighted by molar-refractivity contribution is -0.151. The van der Waals surface area contributed by atoms with Crippen LogP contribution in [0.1, 0.15) is 52.6 Å². The zero-order chi connectivity index (χ0) is 20.0. The largest absolute Gasteiger partial charge is 0.466 e. The second kappa shape index (κ2) is 9.22. The molecular formula is C21H32N2O4. The fourth-order valence-corrected chi connectivity index (χ4v) is 3.30. The quantitative estimate of drug-likeness (QED) is 0.797. The Morgan fingerprint density at radius 2 is 1.93 bits per heavy atom. The normalized spacial score (nSPS) is 21.4. The van der Waals surface area contributed by atoms with Gasteiger partial charge >= 0.3 is 12.1 Å². The zero-order valence-electron chi connectivity index (χ0n) is 17.0. The molecule has 1 saturated heterocycles. The van der Waals surface area contributed by atoms with Gasteiger partial charge in [0.05, 0.1) is 12.5 Å². The summed E-state index contributed by atoms with van der Waals surface area (Å²) in [7, 11) is 0. The Labute approximate surface area is 162 Å². The van der Waals surface area contributed by atoms with Crippen LogP contribution in [0.3, 0.4) is 0 Å². The molecule has 1 fully saturated rings. The Balaban J connectivity index is 2.12. The van der Waals surface area contributed by atoms with E-state index < -0.39 is 5.60 Å². The topological polar surface area (TPSA) is 67.9 Å². The predicted octanol–water partition coefficient (Wildman–Crippen LogP) is 3.53. The highest BCUT2D eigenvalue weighted by Gasteiger charge is 2.38. The first-order chi connectivity index (χ1) is 12.7. The summed E-state index contributed by atoms with van der Waals surface area (Å²) in [6.45, 7) is 10.7. The van der Waals surface area contributed by atoms with Crippen LogP contribution in [0.5, 0.6) is 0 Å². The van der Waals surface area contributed by atoms with Crippen LogP contribution < -0.4 is 5.32 Å². The summed E-state index contributed by atoms with van der Waals surface area (Å²) in [4.78, 5) is 26.6. The van der Waals surface area contributed by atoms with E-state index in [2.05, 4.69) is 12.2 Å². The van der Waals surface area contributed by atoms with Crippen molar-refractivity contribution in [2.24, 2.45) is 5.92 Å². The molecule has 6 heteroatoms. The maximum Gasteiger partial charge on any atom is 0.410 e. The molecule has 0 aliphatic carbocycles.